The average Bonchev–Trinajstić information content (AvgIpc) is 2.74. The highest BCUT2D eigenvalue weighted by Gasteiger charge is 2.23. The smallest absolute Gasteiger partial charge is 0.159 e. The van der Waals surface area contributed by atoms with E-state index in [9.17, 15) is 0 Å². The van der Waals surface area contributed by atoms with E-state index >= 15 is 0 Å². The van der Waals surface area contributed by atoms with Gasteiger partial charge in [0, 0.05) is 5.92 Å². The molecule has 0 saturated heterocycles. The van der Waals surface area contributed by atoms with Gasteiger partial charge in [-0.15, -0.1) is 0 Å². The molecule has 1 saturated carbocycles. The Bertz CT molecular complexity index is 573. The maximum absolute atomic E-state index is 6.13. The Morgan fingerprint density at radius 1 is 1.11 bits per heavy atom. The van der Waals surface area contributed by atoms with Crippen LogP contribution in [0.3, 0.4) is 0 Å². The molecule has 2 aromatic heterocycles. The Morgan fingerprint density at radius 2 is 1.83 bits per heavy atom. The molecule has 0 atom stereocenters. The van der Waals surface area contributed by atoms with E-state index < -0.39 is 0 Å². The minimum absolute atomic E-state index is 0.490. The lowest BCUT2D eigenvalue weighted by atomic mass is 9.83. The van der Waals surface area contributed by atoms with Gasteiger partial charge in [0.1, 0.15) is 16.2 Å². The van der Waals surface area contributed by atoms with Crippen LogP contribution in [0.4, 0.5) is 0 Å². The number of hydrogen-bond acceptors (Lipinski definition) is 4. The van der Waals surface area contributed by atoms with Crippen LogP contribution in [0, 0.1) is 12.8 Å². The summed E-state index contributed by atoms with van der Waals surface area (Å²) in [6.45, 7) is 4.20. The molecule has 3 nitrogen and oxygen atoms in total. The van der Waals surface area contributed by atoms with Crippen molar-refractivity contribution < 1.29 is 0 Å². The number of rotatable bonds is 1. The Morgan fingerprint density at radius 3 is 2.56 bits per heavy atom. The van der Waals surface area contributed by atoms with Gasteiger partial charge in [-0.1, -0.05) is 42.7 Å². The highest BCUT2D eigenvalue weighted by atomic mass is 35.5. The molecule has 0 radical (unpaired) electrons. The zero-order valence-corrected chi connectivity index (χ0v) is 12.2. The van der Waals surface area contributed by atoms with Gasteiger partial charge in [0.25, 0.3) is 0 Å². The van der Waals surface area contributed by atoms with Gasteiger partial charge < -0.3 is 0 Å². The molecule has 1 fully saturated rings. The number of nitrogens with zero attached hydrogens (tertiary/aromatic N) is 3. The van der Waals surface area contributed by atoms with Crippen molar-refractivity contribution in [3.05, 3.63) is 16.0 Å². The van der Waals surface area contributed by atoms with E-state index in [1.807, 2.05) is 6.92 Å². The molecule has 0 N–H and O–H groups in total. The number of halogens is 1. The zero-order chi connectivity index (χ0) is 12.7. The first-order chi connectivity index (χ1) is 8.63. The molecule has 2 heterocycles. The summed E-state index contributed by atoms with van der Waals surface area (Å²) in [4.78, 5) is 14.2. The molecule has 3 rings (SSSR count). The lowest BCUT2D eigenvalue weighted by Crippen LogP contribution is -2.10. The van der Waals surface area contributed by atoms with Crippen LogP contribution in [-0.4, -0.2) is 15.0 Å². The molecule has 1 aliphatic rings. The van der Waals surface area contributed by atoms with Gasteiger partial charge in [-0.25, -0.2) is 15.0 Å². The molecule has 1 aliphatic carbocycles. The average molecular weight is 282 g/mol. The van der Waals surface area contributed by atoms with Gasteiger partial charge in [0.15, 0.2) is 5.15 Å². The fourth-order valence-corrected chi connectivity index (χ4v) is 4.05. The van der Waals surface area contributed by atoms with Gasteiger partial charge in [0.05, 0.1) is 5.01 Å². The molecule has 0 aliphatic heterocycles. The summed E-state index contributed by atoms with van der Waals surface area (Å²) in [6, 6.07) is 0. The minimum atomic E-state index is 0.490. The number of aryl methyl sites for hydroxylation is 1. The standard InChI is InChI=1S/C13H16ClN3S/c1-7-3-5-9(6-4-7)12-17-10-11(14)15-8(2)16-13(10)18-12/h7,9H,3-6H2,1-2H3/t7-,9-. The van der Waals surface area contributed by atoms with Crippen molar-refractivity contribution in [3.8, 4) is 0 Å². The summed E-state index contributed by atoms with van der Waals surface area (Å²) in [5, 5.41) is 1.68. The van der Waals surface area contributed by atoms with E-state index in [2.05, 4.69) is 21.9 Å². The molecule has 5 heteroatoms. The van der Waals surface area contributed by atoms with Gasteiger partial charge in [-0.05, 0) is 25.7 Å². The van der Waals surface area contributed by atoms with E-state index in [1.165, 1.54) is 30.7 Å². The summed E-state index contributed by atoms with van der Waals surface area (Å²) < 4.78 is 0. The van der Waals surface area contributed by atoms with Crippen LogP contribution in [-0.2, 0) is 0 Å². The monoisotopic (exact) mass is 281 g/mol. The predicted molar refractivity (Wildman–Crippen MR) is 75.3 cm³/mol. The molecule has 18 heavy (non-hydrogen) atoms. The molecular weight excluding hydrogens is 266 g/mol. The lowest BCUT2D eigenvalue weighted by molar-refractivity contribution is 0.347. The van der Waals surface area contributed by atoms with Crippen LogP contribution in [0.5, 0.6) is 0 Å². The second-order valence-electron chi connectivity index (χ2n) is 5.22. The fraction of sp³-hybridized carbons (Fsp3) is 0.615. The highest BCUT2D eigenvalue weighted by molar-refractivity contribution is 7.18. The van der Waals surface area contributed by atoms with E-state index in [-0.39, 0.29) is 0 Å². The van der Waals surface area contributed by atoms with Gasteiger partial charge in [-0.2, -0.15) is 0 Å². The topological polar surface area (TPSA) is 38.7 Å². The third kappa shape index (κ3) is 2.24. The van der Waals surface area contributed by atoms with E-state index in [4.69, 9.17) is 11.6 Å². The molecular formula is C13H16ClN3S. The molecule has 96 valence electrons. The van der Waals surface area contributed by atoms with Crippen LogP contribution in [0.1, 0.15) is 49.4 Å². The number of aromatic nitrogens is 3. The Balaban J connectivity index is 1.96. The van der Waals surface area contributed by atoms with Crippen LogP contribution >= 0.6 is 22.9 Å². The van der Waals surface area contributed by atoms with Crippen molar-refractivity contribution in [2.75, 3.05) is 0 Å². The number of thiazole rings is 1. The summed E-state index contributed by atoms with van der Waals surface area (Å²) in [6.07, 6.45) is 5.09. The minimum Gasteiger partial charge on any atom is -0.236 e. The zero-order valence-electron chi connectivity index (χ0n) is 10.6. The van der Waals surface area contributed by atoms with Crippen LogP contribution in [0.2, 0.25) is 5.15 Å². The second-order valence-corrected chi connectivity index (χ2v) is 6.59. The summed E-state index contributed by atoms with van der Waals surface area (Å²) in [5.41, 5.74) is 0.779. The van der Waals surface area contributed by atoms with Crippen molar-refractivity contribution in [2.45, 2.75) is 45.4 Å². The molecule has 0 bridgehead atoms. The number of fused-ring (bicyclic) bond motifs is 1. The van der Waals surface area contributed by atoms with Crippen molar-refractivity contribution in [3.63, 3.8) is 0 Å². The molecule has 2 aromatic rings. The van der Waals surface area contributed by atoms with Gasteiger partial charge >= 0.3 is 0 Å². The van der Waals surface area contributed by atoms with Crippen molar-refractivity contribution in [1.82, 2.24) is 15.0 Å². The molecule has 0 aromatic carbocycles. The van der Waals surface area contributed by atoms with Gasteiger partial charge in [-0.3, -0.25) is 0 Å². The Hall–Kier alpha value is -0.740. The van der Waals surface area contributed by atoms with Crippen molar-refractivity contribution in [2.24, 2.45) is 5.92 Å². The summed E-state index contributed by atoms with van der Waals surface area (Å²) in [7, 11) is 0. The molecule has 0 amide bonds. The van der Waals surface area contributed by atoms with E-state index in [1.54, 1.807) is 11.3 Å². The van der Waals surface area contributed by atoms with Crippen LogP contribution < -0.4 is 0 Å². The maximum Gasteiger partial charge on any atom is 0.159 e. The van der Waals surface area contributed by atoms with Gasteiger partial charge in [0.2, 0.25) is 0 Å². The molecule has 0 spiro atoms. The highest BCUT2D eigenvalue weighted by Crippen LogP contribution is 2.39. The fourth-order valence-electron chi connectivity index (χ4n) is 2.59. The number of hydrogen-bond donors (Lipinski definition) is 0. The Kier molecular flexibility index (Phi) is 3.24. The van der Waals surface area contributed by atoms with E-state index in [0.717, 1.165) is 22.1 Å². The van der Waals surface area contributed by atoms with Crippen LogP contribution in [0.25, 0.3) is 10.3 Å². The normalized spacial score (nSPS) is 24.6. The SMILES string of the molecule is Cc1nc(Cl)c2nc([C@H]3CC[C@H](C)CC3)sc2n1. The second kappa shape index (κ2) is 4.74. The predicted octanol–water partition coefficient (Wildman–Crippen LogP) is 4.34. The third-order valence-electron chi connectivity index (χ3n) is 3.71. The quantitative estimate of drug-likeness (QED) is 0.730. The van der Waals surface area contributed by atoms with Crippen molar-refractivity contribution >= 4 is 33.3 Å². The first kappa shape index (κ1) is 12.3. The summed E-state index contributed by atoms with van der Waals surface area (Å²) >= 11 is 7.82. The van der Waals surface area contributed by atoms with Crippen molar-refractivity contribution in [1.29, 1.82) is 0 Å². The largest absolute Gasteiger partial charge is 0.236 e. The maximum atomic E-state index is 6.13. The third-order valence-corrected chi connectivity index (χ3v) is 5.08. The first-order valence-electron chi connectivity index (χ1n) is 6.44. The molecule has 0 unspecified atom stereocenters. The Labute approximate surface area is 116 Å². The summed E-state index contributed by atoms with van der Waals surface area (Å²) in [5.74, 6) is 2.18. The lowest BCUT2D eigenvalue weighted by Gasteiger charge is -2.24. The van der Waals surface area contributed by atoms with Crippen LogP contribution in [0.15, 0.2) is 0 Å². The first-order valence-corrected chi connectivity index (χ1v) is 7.63. The van der Waals surface area contributed by atoms with E-state index in [0.29, 0.717) is 11.1 Å².